The number of carbonyl (C=O) groups excluding carboxylic acids is 1. The van der Waals surface area contributed by atoms with Gasteiger partial charge in [0.05, 0.1) is 12.3 Å². The molecule has 0 atom stereocenters. The van der Waals surface area contributed by atoms with Gasteiger partial charge in [-0.3, -0.25) is 4.79 Å². The van der Waals surface area contributed by atoms with Gasteiger partial charge in [-0.2, -0.15) is 0 Å². The summed E-state index contributed by atoms with van der Waals surface area (Å²) in [5.41, 5.74) is 8.33. The van der Waals surface area contributed by atoms with E-state index in [9.17, 15) is 4.79 Å². The molecule has 0 heterocycles. The van der Waals surface area contributed by atoms with Gasteiger partial charge >= 0.3 is 0 Å². The zero-order valence-corrected chi connectivity index (χ0v) is 12.5. The second-order valence-corrected chi connectivity index (χ2v) is 5.36. The molecule has 0 amide bonds. The second kappa shape index (κ2) is 6.93. The molecule has 3 nitrogen and oxygen atoms in total. The Balaban J connectivity index is 1.97. The Morgan fingerprint density at radius 2 is 1.86 bits per heavy atom. The van der Waals surface area contributed by atoms with Gasteiger partial charge in [-0.15, -0.1) is 0 Å². The molecular weight excluding hydrogens is 262 g/mol. The quantitative estimate of drug-likeness (QED) is 0.649. The first kappa shape index (κ1) is 15.1. The number of nitrogens with two attached hydrogens (primary N) is 1. The summed E-state index contributed by atoms with van der Waals surface area (Å²) in [5.74, 6) is 0.693. The van der Waals surface area contributed by atoms with Gasteiger partial charge in [0.25, 0.3) is 0 Å². The normalized spacial score (nSPS) is 10.6. The number of hydrogen-bond acceptors (Lipinski definition) is 3. The van der Waals surface area contributed by atoms with Crippen molar-refractivity contribution in [2.75, 3.05) is 12.3 Å². The average molecular weight is 283 g/mol. The summed E-state index contributed by atoms with van der Waals surface area (Å²) in [7, 11) is 0. The molecule has 0 saturated heterocycles. The van der Waals surface area contributed by atoms with Gasteiger partial charge in [-0.25, -0.2) is 0 Å². The third-order valence-corrected chi connectivity index (χ3v) is 3.31. The molecule has 110 valence electrons. The molecule has 2 N–H and O–H groups in total. The fourth-order valence-corrected chi connectivity index (χ4v) is 2.09. The van der Waals surface area contributed by atoms with Gasteiger partial charge in [0.1, 0.15) is 5.75 Å². The Kier molecular flexibility index (Phi) is 4.99. The number of hydrogen-bond donors (Lipinski definition) is 1. The molecule has 0 fully saturated rings. The zero-order chi connectivity index (χ0) is 15.2. The summed E-state index contributed by atoms with van der Waals surface area (Å²) in [5, 5.41) is 0. The minimum atomic E-state index is -0.0331. The highest BCUT2D eigenvalue weighted by molar-refractivity contribution is 5.98. The van der Waals surface area contributed by atoms with Crippen molar-refractivity contribution in [1.82, 2.24) is 0 Å². The van der Waals surface area contributed by atoms with Gasteiger partial charge in [0.15, 0.2) is 5.78 Å². The van der Waals surface area contributed by atoms with E-state index in [-0.39, 0.29) is 11.7 Å². The number of Topliss-reactive ketones (excluding diaryl/α,β-unsaturated/α-hetero) is 1. The number of ketones is 1. The van der Waals surface area contributed by atoms with Crippen LogP contribution in [0.25, 0.3) is 0 Å². The fourth-order valence-electron chi connectivity index (χ4n) is 2.09. The second-order valence-electron chi connectivity index (χ2n) is 5.36. The SMILES string of the molecule is CC(C)C(=O)c1ccc(OCCc2ccccc2)c(N)c1. The molecule has 0 unspecified atom stereocenters. The predicted molar refractivity (Wildman–Crippen MR) is 85.7 cm³/mol. The first-order valence-corrected chi connectivity index (χ1v) is 7.18. The van der Waals surface area contributed by atoms with Gasteiger partial charge in [-0.1, -0.05) is 44.2 Å². The molecule has 0 spiro atoms. The van der Waals surface area contributed by atoms with Gasteiger partial charge < -0.3 is 10.5 Å². The zero-order valence-electron chi connectivity index (χ0n) is 12.5. The maximum absolute atomic E-state index is 11.9. The van der Waals surface area contributed by atoms with Gasteiger partial charge in [0.2, 0.25) is 0 Å². The van der Waals surface area contributed by atoms with Crippen molar-refractivity contribution < 1.29 is 9.53 Å². The van der Waals surface area contributed by atoms with Crippen LogP contribution in [0, 0.1) is 5.92 Å². The summed E-state index contributed by atoms with van der Waals surface area (Å²) in [6.07, 6.45) is 0.826. The molecule has 0 bridgehead atoms. The lowest BCUT2D eigenvalue weighted by Crippen LogP contribution is -2.09. The predicted octanol–water partition coefficient (Wildman–Crippen LogP) is 3.73. The standard InChI is InChI=1S/C18H21NO2/c1-13(2)18(20)15-8-9-17(16(19)12-15)21-11-10-14-6-4-3-5-7-14/h3-9,12-13H,10-11,19H2,1-2H3. The Bertz CT molecular complexity index is 606. The van der Waals surface area contributed by atoms with Crippen LogP contribution in [-0.4, -0.2) is 12.4 Å². The number of ether oxygens (including phenoxy) is 1. The first-order chi connectivity index (χ1) is 10.1. The van der Waals surface area contributed by atoms with Gasteiger partial charge in [-0.05, 0) is 23.8 Å². The molecular formula is C18H21NO2. The maximum atomic E-state index is 11.9. The van der Waals surface area contributed by atoms with Crippen LogP contribution < -0.4 is 10.5 Å². The van der Waals surface area contributed by atoms with Crippen molar-refractivity contribution >= 4 is 11.5 Å². The van der Waals surface area contributed by atoms with Crippen LogP contribution in [0.3, 0.4) is 0 Å². The number of carbonyl (C=O) groups is 1. The van der Waals surface area contributed by atoms with Crippen LogP contribution in [0.2, 0.25) is 0 Å². The van der Waals surface area contributed by atoms with E-state index >= 15 is 0 Å². The first-order valence-electron chi connectivity index (χ1n) is 7.18. The van der Waals surface area contributed by atoms with Crippen molar-refractivity contribution in [3.63, 3.8) is 0 Å². The Labute approximate surface area is 125 Å². The number of benzene rings is 2. The molecule has 2 aromatic rings. The highest BCUT2D eigenvalue weighted by atomic mass is 16.5. The molecule has 0 aliphatic rings. The maximum Gasteiger partial charge on any atom is 0.165 e. The van der Waals surface area contributed by atoms with E-state index in [0.717, 1.165) is 6.42 Å². The minimum absolute atomic E-state index is 0.0331. The summed E-state index contributed by atoms with van der Waals surface area (Å²) in [6.45, 7) is 4.32. The molecule has 0 aromatic heterocycles. The van der Waals surface area contributed by atoms with Crippen molar-refractivity contribution in [1.29, 1.82) is 0 Å². The van der Waals surface area contributed by atoms with E-state index in [1.54, 1.807) is 18.2 Å². The highest BCUT2D eigenvalue weighted by Gasteiger charge is 2.12. The Morgan fingerprint density at radius 3 is 2.48 bits per heavy atom. The monoisotopic (exact) mass is 283 g/mol. The lowest BCUT2D eigenvalue weighted by atomic mass is 10.0. The van der Waals surface area contributed by atoms with E-state index in [1.165, 1.54) is 5.56 Å². The molecule has 0 aliphatic heterocycles. The average Bonchev–Trinajstić information content (AvgIpc) is 2.49. The van der Waals surface area contributed by atoms with Gasteiger partial charge in [0, 0.05) is 17.9 Å². The van der Waals surface area contributed by atoms with Crippen molar-refractivity contribution in [3.05, 3.63) is 59.7 Å². The van der Waals surface area contributed by atoms with Crippen LogP contribution in [0.4, 0.5) is 5.69 Å². The number of rotatable bonds is 6. The lowest BCUT2D eigenvalue weighted by Gasteiger charge is -2.11. The third kappa shape index (κ3) is 4.09. The van der Waals surface area contributed by atoms with E-state index < -0.39 is 0 Å². The largest absolute Gasteiger partial charge is 0.491 e. The molecule has 0 saturated carbocycles. The van der Waals surface area contributed by atoms with E-state index in [0.29, 0.717) is 23.6 Å². The van der Waals surface area contributed by atoms with E-state index in [2.05, 4.69) is 12.1 Å². The van der Waals surface area contributed by atoms with Crippen LogP contribution in [0.5, 0.6) is 5.75 Å². The van der Waals surface area contributed by atoms with Crippen LogP contribution in [0.15, 0.2) is 48.5 Å². The lowest BCUT2D eigenvalue weighted by molar-refractivity contribution is 0.0939. The van der Waals surface area contributed by atoms with E-state index in [1.807, 2.05) is 32.0 Å². The number of anilines is 1. The topological polar surface area (TPSA) is 52.3 Å². The summed E-state index contributed by atoms with van der Waals surface area (Å²) in [4.78, 5) is 11.9. The summed E-state index contributed by atoms with van der Waals surface area (Å²) >= 11 is 0. The smallest absolute Gasteiger partial charge is 0.165 e. The molecule has 2 aromatic carbocycles. The molecule has 3 heteroatoms. The fraction of sp³-hybridized carbons (Fsp3) is 0.278. The molecule has 2 rings (SSSR count). The van der Waals surface area contributed by atoms with Crippen LogP contribution >= 0.6 is 0 Å². The van der Waals surface area contributed by atoms with E-state index in [4.69, 9.17) is 10.5 Å². The molecule has 0 radical (unpaired) electrons. The van der Waals surface area contributed by atoms with Crippen LogP contribution in [-0.2, 0) is 6.42 Å². The van der Waals surface area contributed by atoms with Crippen LogP contribution in [0.1, 0.15) is 29.8 Å². The highest BCUT2D eigenvalue weighted by Crippen LogP contribution is 2.24. The number of nitrogen functional groups attached to an aromatic ring is 1. The third-order valence-electron chi connectivity index (χ3n) is 3.31. The molecule has 0 aliphatic carbocycles. The summed E-state index contributed by atoms with van der Waals surface area (Å²) in [6, 6.07) is 15.4. The Hall–Kier alpha value is -2.29. The molecule has 21 heavy (non-hydrogen) atoms. The minimum Gasteiger partial charge on any atom is -0.491 e. The van der Waals surface area contributed by atoms with Crippen molar-refractivity contribution in [2.24, 2.45) is 5.92 Å². The Morgan fingerprint density at radius 1 is 1.14 bits per heavy atom. The van der Waals surface area contributed by atoms with Crippen molar-refractivity contribution in [3.8, 4) is 5.75 Å². The summed E-state index contributed by atoms with van der Waals surface area (Å²) < 4.78 is 5.70. The van der Waals surface area contributed by atoms with Crippen molar-refractivity contribution in [2.45, 2.75) is 20.3 Å².